The summed E-state index contributed by atoms with van der Waals surface area (Å²) in [7, 11) is 0. The molecule has 0 saturated carbocycles. The largest absolute Gasteiger partial charge is 0.480 e. The molecule has 0 saturated heterocycles. The van der Waals surface area contributed by atoms with Crippen molar-refractivity contribution in [2.24, 2.45) is 0 Å². The number of carboxylic acids is 1. The SMILES string of the molecule is N#Cc1ccc(-c2ncn3c2CCC3C(=O)O)c(Cl)c1. The molecular formula is C14H10ClN3O2. The number of nitriles is 1. The number of imidazole rings is 1. The number of carboxylic acid groups (broad SMARTS) is 1. The zero-order valence-corrected chi connectivity index (χ0v) is 11.1. The summed E-state index contributed by atoms with van der Waals surface area (Å²) in [5.74, 6) is -0.848. The Kier molecular flexibility index (Phi) is 2.96. The van der Waals surface area contributed by atoms with Gasteiger partial charge in [-0.3, -0.25) is 0 Å². The zero-order chi connectivity index (χ0) is 14.3. The van der Waals surface area contributed by atoms with Gasteiger partial charge < -0.3 is 9.67 Å². The maximum absolute atomic E-state index is 11.1. The van der Waals surface area contributed by atoms with Crippen molar-refractivity contribution in [1.29, 1.82) is 5.26 Å². The first-order chi connectivity index (χ1) is 9.61. The first-order valence-electron chi connectivity index (χ1n) is 6.10. The number of rotatable bonds is 2. The quantitative estimate of drug-likeness (QED) is 0.921. The van der Waals surface area contributed by atoms with Crippen LogP contribution in [0.1, 0.15) is 23.7 Å². The fraction of sp³-hybridized carbons (Fsp3) is 0.214. The molecule has 0 amide bonds. The predicted molar refractivity (Wildman–Crippen MR) is 72.4 cm³/mol. The average molecular weight is 288 g/mol. The van der Waals surface area contributed by atoms with Gasteiger partial charge >= 0.3 is 5.97 Å². The molecule has 1 aromatic carbocycles. The number of hydrogen-bond donors (Lipinski definition) is 1. The minimum atomic E-state index is -0.848. The molecule has 100 valence electrons. The van der Waals surface area contributed by atoms with Crippen LogP contribution in [0, 0.1) is 11.3 Å². The molecule has 2 heterocycles. The van der Waals surface area contributed by atoms with Crippen LogP contribution in [0.5, 0.6) is 0 Å². The molecule has 1 N–H and O–H groups in total. The molecule has 6 heteroatoms. The number of aliphatic carboxylic acids is 1. The summed E-state index contributed by atoms with van der Waals surface area (Å²) in [6.07, 6.45) is 2.77. The van der Waals surface area contributed by atoms with Gasteiger partial charge in [-0.1, -0.05) is 11.6 Å². The van der Waals surface area contributed by atoms with E-state index < -0.39 is 12.0 Å². The van der Waals surface area contributed by atoms with E-state index >= 15 is 0 Å². The minimum Gasteiger partial charge on any atom is -0.480 e. The number of carbonyl (C=O) groups is 1. The summed E-state index contributed by atoms with van der Waals surface area (Å²) in [4.78, 5) is 15.4. The Balaban J connectivity index is 2.08. The van der Waals surface area contributed by atoms with Crippen LogP contribution in [0.2, 0.25) is 5.02 Å². The van der Waals surface area contributed by atoms with E-state index in [0.717, 1.165) is 11.3 Å². The molecule has 1 unspecified atom stereocenters. The number of hydrogen-bond acceptors (Lipinski definition) is 3. The van der Waals surface area contributed by atoms with Crippen molar-refractivity contribution < 1.29 is 9.90 Å². The highest BCUT2D eigenvalue weighted by molar-refractivity contribution is 6.33. The molecule has 1 aromatic heterocycles. The van der Waals surface area contributed by atoms with Gasteiger partial charge in [0.25, 0.3) is 0 Å². The third-order valence-electron chi connectivity index (χ3n) is 3.52. The molecule has 3 rings (SSSR count). The first-order valence-corrected chi connectivity index (χ1v) is 6.48. The van der Waals surface area contributed by atoms with E-state index in [1.165, 1.54) is 0 Å². The van der Waals surface area contributed by atoms with E-state index in [1.807, 2.05) is 6.07 Å². The third kappa shape index (κ3) is 1.86. The maximum Gasteiger partial charge on any atom is 0.326 e. The lowest BCUT2D eigenvalue weighted by Crippen LogP contribution is -2.13. The van der Waals surface area contributed by atoms with Crippen molar-refractivity contribution in [2.75, 3.05) is 0 Å². The monoisotopic (exact) mass is 287 g/mol. The summed E-state index contributed by atoms with van der Waals surface area (Å²) >= 11 is 6.18. The van der Waals surface area contributed by atoms with E-state index in [4.69, 9.17) is 22.0 Å². The lowest BCUT2D eigenvalue weighted by Gasteiger charge is -2.06. The Labute approximate surface area is 120 Å². The Morgan fingerprint density at radius 1 is 1.55 bits per heavy atom. The lowest BCUT2D eigenvalue weighted by atomic mass is 10.1. The molecular weight excluding hydrogens is 278 g/mol. The average Bonchev–Trinajstić information content (AvgIpc) is 2.99. The smallest absolute Gasteiger partial charge is 0.326 e. The van der Waals surface area contributed by atoms with E-state index in [9.17, 15) is 4.79 Å². The van der Waals surface area contributed by atoms with Crippen molar-refractivity contribution >= 4 is 17.6 Å². The summed E-state index contributed by atoms with van der Waals surface area (Å²) in [5, 5.41) is 18.4. The van der Waals surface area contributed by atoms with Crippen LogP contribution in [0.3, 0.4) is 0 Å². The molecule has 0 fully saturated rings. The number of nitrogens with zero attached hydrogens (tertiary/aromatic N) is 3. The molecule has 1 atom stereocenters. The van der Waals surface area contributed by atoms with Crippen molar-refractivity contribution in [1.82, 2.24) is 9.55 Å². The first kappa shape index (κ1) is 12.7. The highest BCUT2D eigenvalue weighted by Gasteiger charge is 2.30. The van der Waals surface area contributed by atoms with Gasteiger partial charge in [-0.05, 0) is 31.0 Å². The highest BCUT2D eigenvalue weighted by atomic mass is 35.5. The molecule has 0 bridgehead atoms. The van der Waals surface area contributed by atoms with Crippen LogP contribution < -0.4 is 0 Å². The Morgan fingerprint density at radius 2 is 2.35 bits per heavy atom. The summed E-state index contributed by atoms with van der Waals surface area (Å²) < 4.78 is 1.69. The number of halogens is 1. The van der Waals surface area contributed by atoms with Crippen LogP contribution >= 0.6 is 11.6 Å². The van der Waals surface area contributed by atoms with Gasteiger partial charge in [0.15, 0.2) is 0 Å². The van der Waals surface area contributed by atoms with Gasteiger partial charge in [-0.25, -0.2) is 9.78 Å². The number of aromatic nitrogens is 2. The van der Waals surface area contributed by atoms with Crippen LogP contribution in [-0.2, 0) is 11.2 Å². The van der Waals surface area contributed by atoms with Gasteiger partial charge in [0.1, 0.15) is 6.04 Å². The van der Waals surface area contributed by atoms with E-state index in [2.05, 4.69) is 4.98 Å². The molecule has 0 radical (unpaired) electrons. The summed E-state index contributed by atoms with van der Waals surface area (Å²) in [5.41, 5.74) is 2.79. The van der Waals surface area contributed by atoms with Crippen LogP contribution in [0.4, 0.5) is 0 Å². The zero-order valence-electron chi connectivity index (χ0n) is 10.4. The van der Waals surface area contributed by atoms with E-state index in [-0.39, 0.29) is 0 Å². The second-order valence-corrected chi connectivity index (χ2v) is 5.05. The van der Waals surface area contributed by atoms with Crippen LogP contribution in [-0.4, -0.2) is 20.6 Å². The molecule has 0 spiro atoms. The molecule has 1 aliphatic rings. The van der Waals surface area contributed by atoms with Crippen LogP contribution in [0.25, 0.3) is 11.3 Å². The topological polar surface area (TPSA) is 78.9 Å². The second-order valence-electron chi connectivity index (χ2n) is 4.65. The molecule has 5 nitrogen and oxygen atoms in total. The Hall–Kier alpha value is -2.32. The molecule has 0 aliphatic carbocycles. The Bertz CT molecular complexity index is 745. The van der Waals surface area contributed by atoms with Crippen LogP contribution in [0.15, 0.2) is 24.5 Å². The van der Waals surface area contributed by atoms with Crippen molar-refractivity contribution in [3.63, 3.8) is 0 Å². The minimum absolute atomic E-state index is 0.448. The summed E-state index contributed by atoms with van der Waals surface area (Å²) in [6.45, 7) is 0. The van der Waals surface area contributed by atoms with Gasteiger partial charge in [-0.2, -0.15) is 5.26 Å². The molecule has 2 aromatic rings. The summed E-state index contributed by atoms with van der Waals surface area (Å²) in [6, 6.07) is 6.49. The lowest BCUT2D eigenvalue weighted by molar-refractivity contribution is -0.140. The number of fused-ring (bicyclic) bond motifs is 1. The normalized spacial score (nSPS) is 16.7. The maximum atomic E-state index is 11.1. The fourth-order valence-corrected chi connectivity index (χ4v) is 2.83. The van der Waals surface area contributed by atoms with Gasteiger partial charge in [0.2, 0.25) is 0 Å². The highest BCUT2D eigenvalue weighted by Crippen LogP contribution is 2.36. The van der Waals surface area contributed by atoms with E-state index in [0.29, 0.717) is 29.1 Å². The third-order valence-corrected chi connectivity index (χ3v) is 3.84. The molecule has 1 aliphatic heterocycles. The fourth-order valence-electron chi connectivity index (χ4n) is 2.56. The molecule has 20 heavy (non-hydrogen) atoms. The standard InChI is InChI=1S/C14H10ClN3O2/c15-10-5-8(6-16)1-2-9(10)13-11-3-4-12(14(19)20)18(11)7-17-13/h1-2,5,7,12H,3-4H2,(H,19,20). The van der Waals surface area contributed by atoms with Gasteiger partial charge in [0.05, 0.1) is 28.7 Å². The van der Waals surface area contributed by atoms with Crippen molar-refractivity contribution in [2.45, 2.75) is 18.9 Å². The number of benzene rings is 1. The van der Waals surface area contributed by atoms with Gasteiger partial charge in [-0.15, -0.1) is 0 Å². The predicted octanol–water partition coefficient (Wildman–Crippen LogP) is 2.65. The Morgan fingerprint density at radius 3 is 3.00 bits per heavy atom. The van der Waals surface area contributed by atoms with E-state index in [1.54, 1.807) is 29.1 Å². The van der Waals surface area contributed by atoms with Crippen molar-refractivity contribution in [3.05, 3.63) is 40.8 Å². The second kappa shape index (κ2) is 4.66. The van der Waals surface area contributed by atoms with Gasteiger partial charge in [0, 0.05) is 11.3 Å². The van der Waals surface area contributed by atoms with Crippen molar-refractivity contribution in [3.8, 4) is 17.3 Å².